The Morgan fingerprint density at radius 1 is 1.00 bits per heavy atom. The van der Waals surface area contributed by atoms with E-state index in [1.54, 1.807) is 6.92 Å². The van der Waals surface area contributed by atoms with Crippen LogP contribution in [-0.2, 0) is 42.7 Å². The number of unbranched alkanes of at least 4 members (excludes halogenated alkanes) is 3. The van der Waals surface area contributed by atoms with E-state index in [-0.39, 0.29) is 5.97 Å². The highest BCUT2D eigenvalue weighted by Gasteiger charge is 2.46. The minimum absolute atomic E-state index is 0.281. The van der Waals surface area contributed by atoms with E-state index in [0.717, 1.165) is 42.9 Å². The lowest BCUT2D eigenvalue weighted by molar-refractivity contribution is -0.696. The van der Waals surface area contributed by atoms with Gasteiger partial charge in [-0.25, -0.2) is 30.8 Å². The van der Waals surface area contributed by atoms with Gasteiger partial charge in [-0.15, -0.1) is 0 Å². The van der Waals surface area contributed by atoms with E-state index in [2.05, 4.69) is 41.4 Å². The molecule has 1 rings (SSSR count). The van der Waals surface area contributed by atoms with E-state index in [1.807, 2.05) is 0 Å². The van der Waals surface area contributed by atoms with Gasteiger partial charge in [0, 0.05) is 5.57 Å². The summed E-state index contributed by atoms with van der Waals surface area (Å²) in [4.78, 5) is 11.1. The summed E-state index contributed by atoms with van der Waals surface area (Å²) in [5.74, 6) is -0.281. The van der Waals surface area contributed by atoms with E-state index < -0.39 is 31.1 Å². The Labute approximate surface area is 193 Å². The molecule has 0 aromatic carbocycles. The van der Waals surface area contributed by atoms with Crippen molar-refractivity contribution >= 4 is 26.0 Å². The number of ether oxygens (including phenoxy) is 1. The lowest BCUT2D eigenvalue weighted by atomic mass is 10.2. The lowest BCUT2D eigenvalue weighted by Crippen LogP contribution is -2.30. The molecule has 17 heteroatoms. The summed E-state index contributed by atoms with van der Waals surface area (Å²) in [5.41, 5.74) is -11.9. The summed E-state index contributed by atoms with van der Waals surface area (Å²) in [6, 6.07) is 0. The summed E-state index contributed by atoms with van der Waals surface area (Å²) in [7, 11) is -13.4. The van der Waals surface area contributed by atoms with Gasteiger partial charge in [0.25, 0.3) is 0 Å². The van der Waals surface area contributed by atoms with E-state index >= 15 is 0 Å². The number of carbonyl (C=O) groups is 1. The molecule has 1 aromatic heterocycles. The van der Waals surface area contributed by atoms with Gasteiger partial charge in [0.05, 0.1) is 19.7 Å². The minimum atomic E-state index is -6.72. The molecule has 0 saturated heterocycles. The Hall–Kier alpha value is -2.14. The Morgan fingerprint density at radius 3 is 1.91 bits per heavy atom. The van der Waals surface area contributed by atoms with Gasteiger partial charge in [-0.3, -0.25) is 0 Å². The summed E-state index contributed by atoms with van der Waals surface area (Å²) in [6.45, 7) is 9.92. The van der Waals surface area contributed by atoms with Crippen LogP contribution in [0.5, 0.6) is 0 Å². The highest BCUT2D eigenvalue weighted by Crippen LogP contribution is 2.36. The number of halogens is 6. The van der Waals surface area contributed by atoms with Gasteiger partial charge in [-0.2, -0.15) is 26.3 Å². The minimum Gasteiger partial charge on any atom is -0.462 e. The average molecular weight is 546 g/mol. The highest BCUT2D eigenvalue weighted by atomic mass is 32.3. The number of sulfonamides is 2. The second-order valence-electron chi connectivity index (χ2n) is 6.73. The maximum atomic E-state index is 11.4. The Morgan fingerprint density at radius 2 is 1.50 bits per heavy atom. The second kappa shape index (κ2) is 13.1. The molecule has 0 atom stereocenters. The third-order valence-corrected chi connectivity index (χ3v) is 6.52. The first-order valence-corrected chi connectivity index (χ1v) is 12.5. The quantitative estimate of drug-likeness (QED) is 0.138. The maximum absolute atomic E-state index is 11.4. The number of imidazole rings is 1. The number of nitrogens with zero attached hydrogens (tertiary/aromatic N) is 3. The number of rotatable bonds is 11. The molecule has 198 valence electrons. The summed E-state index contributed by atoms with van der Waals surface area (Å²) >= 11 is 0. The van der Waals surface area contributed by atoms with Crippen molar-refractivity contribution in [3.05, 3.63) is 35.0 Å². The van der Waals surface area contributed by atoms with Crippen LogP contribution in [0.2, 0.25) is 0 Å². The third-order valence-electron chi connectivity index (χ3n) is 3.78. The van der Waals surface area contributed by atoms with Crippen molar-refractivity contribution in [2.75, 3.05) is 6.61 Å². The number of carbonyl (C=O) groups excluding carboxylic acids is 1. The lowest BCUT2D eigenvalue weighted by Gasteiger charge is -2.22. The van der Waals surface area contributed by atoms with Crippen LogP contribution in [0.3, 0.4) is 0 Å². The zero-order chi connectivity index (χ0) is 26.8. The van der Waals surface area contributed by atoms with Gasteiger partial charge in [0.2, 0.25) is 6.33 Å². The topological polar surface area (TPSA) is 117 Å². The molecule has 1 heterocycles. The number of hydrogen-bond donors (Lipinski definition) is 0. The largest absolute Gasteiger partial charge is 0.480 e. The van der Waals surface area contributed by atoms with Crippen LogP contribution >= 0.6 is 0 Å². The molecule has 0 amide bonds. The van der Waals surface area contributed by atoms with Gasteiger partial charge >= 0.3 is 17.0 Å². The number of aryl methyl sites for hydroxylation is 2. The first-order chi connectivity index (χ1) is 15.3. The zero-order valence-electron chi connectivity index (χ0n) is 18.3. The van der Waals surface area contributed by atoms with Crippen molar-refractivity contribution in [1.82, 2.24) is 4.57 Å². The smallest absolute Gasteiger partial charge is 0.462 e. The van der Waals surface area contributed by atoms with E-state index in [4.69, 9.17) is 4.74 Å². The fourth-order valence-electron chi connectivity index (χ4n) is 2.01. The molecule has 0 aliphatic heterocycles. The van der Waals surface area contributed by atoms with Crippen LogP contribution in [0.15, 0.2) is 30.9 Å². The zero-order valence-corrected chi connectivity index (χ0v) is 19.9. The van der Waals surface area contributed by atoms with Gasteiger partial charge in [-0.05, 0) is 39.5 Å². The van der Waals surface area contributed by atoms with Crippen molar-refractivity contribution in [2.45, 2.75) is 63.6 Å². The molecule has 0 radical (unpaired) electrons. The monoisotopic (exact) mass is 545 g/mol. The number of hydrogen-bond acceptors (Lipinski definition) is 6. The molecule has 0 bridgehead atoms. The first-order valence-electron chi connectivity index (χ1n) is 9.58. The number of alkyl halides is 6. The van der Waals surface area contributed by atoms with Crippen LogP contribution < -0.4 is 4.57 Å². The van der Waals surface area contributed by atoms with Gasteiger partial charge in [-0.1, -0.05) is 6.58 Å². The summed E-state index contributed by atoms with van der Waals surface area (Å²) in [5, 5.41) is 0. The molecule has 9 nitrogen and oxygen atoms in total. The molecule has 0 aliphatic rings. The SMILES string of the molecule is C=C(C)C(=O)OCCCCCC[n+]1ccn(CC)c1.O=S(=O)([N-]S(=O)(=O)C(F)(F)F)C(F)(F)F. The molecule has 34 heavy (non-hydrogen) atoms. The molecular weight excluding hydrogens is 520 g/mol. The van der Waals surface area contributed by atoms with Crippen molar-refractivity contribution in [2.24, 2.45) is 0 Å². The molecule has 0 fully saturated rings. The van der Waals surface area contributed by atoms with Crippen LogP contribution in [0.4, 0.5) is 26.3 Å². The molecule has 0 saturated carbocycles. The number of aromatic nitrogens is 2. The maximum Gasteiger partial charge on any atom is 0.480 e. The van der Waals surface area contributed by atoms with E-state index in [9.17, 15) is 48.0 Å². The van der Waals surface area contributed by atoms with Crippen molar-refractivity contribution in [1.29, 1.82) is 0 Å². The molecule has 0 N–H and O–H groups in total. The third kappa shape index (κ3) is 11.3. The first kappa shape index (κ1) is 31.9. The Balaban J connectivity index is 0.000000661. The van der Waals surface area contributed by atoms with Gasteiger partial charge in [0.1, 0.15) is 12.4 Å². The molecule has 1 aromatic rings. The summed E-state index contributed by atoms with van der Waals surface area (Å²) < 4.78 is 119. The average Bonchev–Trinajstić information content (AvgIpc) is 3.13. The van der Waals surface area contributed by atoms with E-state index in [1.165, 1.54) is 0 Å². The second-order valence-corrected chi connectivity index (χ2v) is 10.2. The van der Waals surface area contributed by atoms with Crippen LogP contribution in [0.25, 0.3) is 4.13 Å². The molecule has 0 unspecified atom stereocenters. The van der Waals surface area contributed by atoms with Crippen LogP contribution in [0, 0.1) is 0 Å². The van der Waals surface area contributed by atoms with Gasteiger partial charge < -0.3 is 8.86 Å². The molecule has 0 aliphatic carbocycles. The molecule has 0 spiro atoms. The molecular formula is C17H25F6N3O6S2. The normalized spacial score (nSPS) is 12.6. The highest BCUT2D eigenvalue weighted by molar-refractivity contribution is 8.13. The standard InChI is InChI=1S/C15H25N2O2.C2F6NO4S2/c1-4-16-10-11-17(13-16)9-7-5-6-8-12-19-15(18)14(2)3;3-1(4,5)14(10,11)9-15(12,13)2(6,7)8/h10-11,13H,2,4-9,12H2,1,3H3;/q+1;-1. The fourth-order valence-corrected chi connectivity index (χ4v) is 3.72. The Bertz CT molecular complexity index is 975. The Kier molecular flexibility index (Phi) is 12.3. The van der Waals surface area contributed by atoms with Crippen LogP contribution in [-0.4, -0.2) is 45.0 Å². The van der Waals surface area contributed by atoms with Gasteiger partial charge in [0.15, 0.2) is 20.0 Å². The predicted octanol–water partition coefficient (Wildman–Crippen LogP) is 3.53. The number of esters is 1. The van der Waals surface area contributed by atoms with Crippen molar-refractivity contribution in [3.63, 3.8) is 0 Å². The van der Waals surface area contributed by atoms with Crippen molar-refractivity contribution in [3.8, 4) is 0 Å². The fraction of sp³-hybridized carbons (Fsp3) is 0.647. The summed E-state index contributed by atoms with van der Waals surface area (Å²) in [6.07, 6.45) is 10.7. The van der Waals surface area contributed by atoms with Crippen LogP contribution in [0.1, 0.15) is 39.5 Å². The van der Waals surface area contributed by atoms with E-state index in [0.29, 0.717) is 12.2 Å². The predicted molar refractivity (Wildman–Crippen MR) is 108 cm³/mol. The van der Waals surface area contributed by atoms with Crippen molar-refractivity contribution < 1.29 is 57.3 Å².